The van der Waals surface area contributed by atoms with E-state index in [0.717, 1.165) is 0 Å². The molecule has 1 unspecified atom stereocenters. The predicted molar refractivity (Wildman–Crippen MR) is 73.0 cm³/mol. The average Bonchev–Trinajstić information content (AvgIpc) is 2.39. The monoisotopic (exact) mass is 288 g/mol. The second-order valence-electron chi connectivity index (χ2n) is 4.70. The molecule has 108 valence electrons. The van der Waals surface area contributed by atoms with Gasteiger partial charge < -0.3 is 14.9 Å². The van der Waals surface area contributed by atoms with Crippen molar-refractivity contribution in [1.82, 2.24) is 9.80 Å². The maximum absolute atomic E-state index is 12.0. The topological polar surface area (TPSA) is 77.9 Å². The Labute approximate surface area is 117 Å². The zero-order chi connectivity index (χ0) is 14.4. The first-order chi connectivity index (χ1) is 8.95. The van der Waals surface area contributed by atoms with E-state index in [1.807, 2.05) is 6.26 Å². The zero-order valence-corrected chi connectivity index (χ0v) is 12.1. The van der Waals surface area contributed by atoms with E-state index in [-0.39, 0.29) is 24.9 Å². The highest BCUT2D eigenvalue weighted by Gasteiger charge is 2.28. The number of carbonyl (C=O) groups is 3. The van der Waals surface area contributed by atoms with Gasteiger partial charge >= 0.3 is 5.97 Å². The number of likely N-dealkylation sites (N-methyl/N-ethyl adjacent to an activating group) is 1. The van der Waals surface area contributed by atoms with Gasteiger partial charge in [-0.15, -0.1) is 0 Å². The first-order valence-corrected chi connectivity index (χ1v) is 7.58. The van der Waals surface area contributed by atoms with E-state index in [2.05, 4.69) is 0 Å². The molecule has 1 fully saturated rings. The summed E-state index contributed by atoms with van der Waals surface area (Å²) in [6, 6.07) is 0. The van der Waals surface area contributed by atoms with Crippen LogP contribution in [0.15, 0.2) is 0 Å². The van der Waals surface area contributed by atoms with Gasteiger partial charge in [0.1, 0.15) is 0 Å². The Morgan fingerprint density at radius 2 is 2.11 bits per heavy atom. The molecule has 0 radical (unpaired) electrons. The minimum atomic E-state index is -0.857. The second kappa shape index (κ2) is 7.37. The molecule has 0 aromatic heterocycles. The fraction of sp³-hybridized carbons (Fsp3) is 0.750. The summed E-state index contributed by atoms with van der Waals surface area (Å²) in [5.74, 6) is -1.26. The van der Waals surface area contributed by atoms with Crippen LogP contribution in [0.1, 0.15) is 12.8 Å². The number of hydrogen-bond donors (Lipinski definition) is 1. The number of rotatable bonds is 5. The summed E-state index contributed by atoms with van der Waals surface area (Å²) in [6.07, 6.45) is 3.14. The van der Waals surface area contributed by atoms with Crippen LogP contribution in [0.3, 0.4) is 0 Å². The van der Waals surface area contributed by atoms with E-state index >= 15 is 0 Å². The molecule has 0 aliphatic carbocycles. The fourth-order valence-corrected chi connectivity index (χ4v) is 2.50. The highest BCUT2D eigenvalue weighted by Crippen LogP contribution is 2.16. The highest BCUT2D eigenvalue weighted by molar-refractivity contribution is 7.99. The van der Waals surface area contributed by atoms with Crippen molar-refractivity contribution in [3.05, 3.63) is 0 Å². The molecule has 0 aromatic carbocycles. The third-order valence-electron chi connectivity index (χ3n) is 3.19. The van der Waals surface area contributed by atoms with Gasteiger partial charge in [0.05, 0.1) is 18.2 Å². The average molecular weight is 288 g/mol. The summed E-state index contributed by atoms with van der Waals surface area (Å²) in [5, 5.41) is 8.97. The van der Waals surface area contributed by atoms with Gasteiger partial charge in [0, 0.05) is 20.1 Å². The van der Waals surface area contributed by atoms with Gasteiger partial charge in [-0.25, -0.2) is 0 Å². The van der Waals surface area contributed by atoms with Crippen LogP contribution in [0.5, 0.6) is 0 Å². The normalized spacial score (nSPS) is 19.1. The predicted octanol–water partition coefficient (Wildman–Crippen LogP) is 0.131. The number of nitrogens with zero attached hydrogens (tertiary/aromatic N) is 2. The summed E-state index contributed by atoms with van der Waals surface area (Å²) < 4.78 is 0. The molecule has 1 heterocycles. The molecule has 0 bridgehead atoms. The molecular formula is C12H20N2O4S. The molecular weight excluding hydrogens is 268 g/mol. The number of amides is 2. The minimum Gasteiger partial charge on any atom is -0.481 e. The molecule has 1 saturated heterocycles. The van der Waals surface area contributed by atoms with Gasteiger partial charge in [-0.1, -0.05) is 0 Å². The lowest BCUT2D eigenvalue weighted by Crippen LogP contribution is -2.47. The smallest absolute Gasteiger partial charge is 0.308 e. The summed E-state index contributed by atoms with van der Waals surface area (Å²) in [5.41, 5.74) is 0. The molecule has 0 saturated carbocycles. The van der Waals surface area contributed by atoms with Crippen LogP contribution in [0.25, 0.3) is 0 Å². The van der Waals surface area contributed by atoms with E-state index < -0.39 is 11.9 Å². The Morgan fingerprint density at radius 3 is 2.68 bits per heavy atom. The number of thioether (sulfide) groups is 1. The Morgan fingerprint density at radius 1 is 1.42 bits per heavy atom. The number of carboxylic acid groups (broad SMARTS) is 1. The summed E-state index contributed by atoms with van der Waals surface area (Å²) >= 11 is 1.41. The van der Waals surface area contributed by atoms with E-state index in [0.29, 0.717) is 25.1 Å². The number of likely N-dealkylation sites (tertiary alicyclic amines) is 1. The standard InChI is InChI=1S/C12H20N2O4S/c1-13(11(16)8-19-2)7-10(15)14-5-3-4-9(6-14)12(17)18/h9H,3-8H2,1-2H3,(H,17,18). The first kappa shape index (κ1) is 15.8. The Hall–Kier alpha value is -1.24. The molecule has 19 heavy (non-hydrogen) atoms. The van der Waals surface area contributed by atoms with Crippen molar-refractivity contribution in [2.45, 2.75) is 12.8 Å². The van der Waals surface area contributed by atoms with Crippen molar-refractivity contribution in [2.24, 2.45) is 5.92 Å². The van der Waals surface area contributed by atoms with E-state index in [1.165, 1.54) is 16.7 Å². The number of hydrogen-bond acceptors (Lipinski definition) is 4. The van der Waals surface area contributed by atoms with Crippen molar-refractivity contribution < 1.29 is 19.5 Å². The Bertz CT molecular complexity index is 362. The van der Waals surface area contributed by atoms with Crippen molar-refractivity contribution in [1.29, 1.82) is 0 Å². The van der Waals surface area contributed by atoms with Crippen LogP contribution in [0.4, 0.5) is 0 Å². The van der Waals surface area contributed by atoms with Crippen LogP contribution in [-0.2, 0) is 14.4 Å². The van der Waals surface area contributed by atoms with Crippen LogP contribution in [0.2, 0.25) is 0 Å². The maximum atomic E-state index is 12.0. The molecule has 1 aliphatic rings. The SMILES string of the molecule is CSCC(=O)N(C)CC(=O)N1CCCC(C(=O)O)C1. The van der Waals surface area contributed by atoms with E-state index in [4.69, 9.17) is 5.11 Å². The van der Waals surface area contributed by atoms with Gasteiger partial charge in [0.15, 0.2) is 0 Å². The molecule has 0 aromatic rings. The number of carboxylic acids is 1. The lowest BCUT2D eigenvalue weighted by atomic mass is 9.98. The van der Waals surface area contributed by atoms with Crippen molar-refractivity contribution >= 4 is 29.5 Å². The van der Waals surface area contributed by atoms with Gasteiger partial charge in [-0.2, -0.15) is 11.8 Å². The van der Waals surface area contributed by atoms with Gasteiger partial charge in [-0.05, 0) is 19.1 Å². The molecule has 1 aliphatic heterocycles. The van der Waals surface area contributed by atoms with Crippen LogP contribution < -0.4 is 0 Å². The molecule has 0 spiro atoms. The second-order valence-corrected chi connectivity index (χ2v) is 5.57. The van der Waals surface area contributed by atoms with Gasteiger partial charge in [0.25, 0.3) is 0 Å². The number of piperidine rings is 1. The number of aliphatic carboxylic acids is 1. The fourth-order valence-electron chi connectivity index (χ4n) is 2.03. The zero-order valence-electron chi connectivity index (χ0n) is 11.3. The number of carbonyl (C=O) groups excluding carboxylic acids is 2. The van der Waals surface area contributed by atoms with Crippen LogP contribution in [-0.4, -0.2) is 71.4 Å². The lowest BCUT2D eigenvalue weighted by molar-refractivity contribution is -0.147. The highest BCUT2D eigenvalue weighted by atomic mass is 32.2. The third kappa shape index (κ3) is 4.74. The molecule has 2 amide bonds. The first-order valence-electron chi connectivity index (χ1n) is 6.19. The molecule has 7 heteroatoms. The third-order valence-corrected chi connectivity index (χ3v) is 3.72. The summed E-state index contributed by atoms with van der Waals surface area (Å²) in [4.78, 5) is 37.5. The molecule has 6 nitrogen and oxygen atoms in total. The molecule has 1 atom stereocenters. The van der Waals surface area contributed by atoms with Gasteiger partial charge in [-0.3, -0.25) is 14.4 Å². The van der Waals surface area contributed by atoms with Crippen molar-refractivity contribution in [2.75, 3.05) is 38.7 Å². The van der Waals surface area contributed by atoms with E-state index in [1.54, 1.807) is 11.9 Å². The Kier molecular flexibility index (Phi) is 6.14. The lowest BCUT2D eigenvalue weighted by Gasteiger charge is -2.32. The summed E-state index contributed by atoms with van der Waals surface area (Å²) in [7, 11) is 1.59. The van der Waals surface area contributed by atoms with Crippen LogP contribution >= 0.6 is 11.8 Å². The maximum Gasteiger partial charge on any atom is 0.308 e. The van der Waals surface area contributed by atoms with E-state index in [9.17, 15) is 14.4 Å². The minimum absolute atomic E-state index is 0.0196. The largest absolute Gasteiger partial charge is 0.481 e. The van der Waals surface area contributed by atoms with Gasteiger partial charge in [0.2, 0.25) is 11.8 Å². The Balaban J connectivity index is 2.48. The van der Waals surface area contributed by atoms with Crippen LogP contribution in [0, 0.1) is 5.92 Å². The van der Waals surface area contributed by atoms with Crippen molar-refractivity contribution in [3.63, 3.8) is 0 Å². The van der Waals surface area contributed by atoms with Crippen molar-refractivity contribution in [3.8, 4) is 0 Å². The molecule has 1 N–H and O–H groups in total. The summed E-state index contributed by atoms with van der Waals surface area (Å²) in [6.45, 7) is 0.845. The molecule has 1 rings (SSSR count). The quantitative estimate of drug-likeness (QED) is 0.778.